The van der Waals surface area contributed by atoms with E-state index in [0.29, 0.717) is 10.6 Å². The Labute approximate surface area is 134 Å². The molecule has 0 aliphatic rings. The van der Waals surface area contributed by atoms with E-state index in [9.17, 15) is 9.59 Å². The first-order valence-electron chi connectivity index (χ1n) is 6.83. The molecule has 0 saturated carbocycles. The number of esters is 1. The molecule has 0 radical (unpaired) electrons. The zero-order valence-electron chi connectivity index (χ0n) is 12.1. The predicted molar refractivity (Wildman–Crippen MR) is 84.7 cm³/mol. The zero-order chi connectivity index (χ0) is 15.9. The lowest BCUT2D eigenvalue weighted by Crippen LogP contribution is -2.31. The van der Waals surface area contributed by atoms with Crippen molar-refractivity contribution in [3.8, 4) is 0 Å². The van der Waals surface area contributed by atoms with Crippen LogP contribution in [0.3, 0.4) is 0 Å². The Hall–Kier alpha value is -2.33. The minimum Gasteiger partial charge on any atom is -0.452 e. The smallest absolute Gasteiger partial charge is 0.338 e. The van der Waals surface area contributed by atoms with Crippen molar-refractivity contribution >= 4 is 23.5 Å². The number of halogens is 1. The number of carbonyl (C=O) groups is 2. The first-order chi connectivity index (χ1) is 10.6. The standard InChI is InChI=1S/C17H16ClNO3/c1-12(13-5-3-2-4-6-13)19-16(20)11-22-17(21)14-7-9-15(18)10-8-14/h2-10,12H,11H2,1H3,(H,19,20)/t12-/m0/s1. The predicted octanol–water partition coefficient (Wildman–Crippen LogP) is 3.37. The van der Waals surface area contributed by atoms with Crippen LogP contribution >= 0.6 is 11.6 Å². The summed E-state index contributed by atoms with van der Waals surface area (Å²) in [5, 5.41) is 3.31. The Kier molecular flexibility index (Phi) is 5.55. The van der Waals surface area contributed by atoms with E-state index >= 15 is 0 Å². The quantitative estimate of drug-likeness (QED) is 0.860. The summed E-state index contributed by atoms with van der Waals surface area (Å²) in [5.74, 6) is -0.905. The fraction of sp³-hybridized carbons (Fsp3) is 0.176. The van der Waals surface area contributed by atoms with Crippen LogP contribution in [-0.2, 0) is 9.53 Å². The molecule has 1 atom stereocenters. The van der Waals surface area contributed by atoms with Gasteiger partial charge in [0.25, 0.3) is 5.91 Å². The molecule has 0 fully saturated rings. The molecule has 0 aromatic heterocycles. The molecule has 2 aromatic carbocycles. The van der Waals surface area contributed by atoms with Gasteiger partial charge in [-0.25, -0.2) is 4.79 Å². The van der Waals surface area contributed by atoms with Gasteiger partial charge < -0.3 is 10.1 Å². The van der Waals surface area contributed by atoms with E-state index in [1.165, 1.54) is 0 Å². The van der Waals surface area contributed by atoms with Crippen LogP contribution in [0, 0.1) is 0 Å². The van der Waals surface area contributed by atoms with Gasteiger partial charge in [-0.15, -0.1) is 0 Å². The first kappa shape index (κ1) is 16.0. The van der Waals surface area contributed by atoms with E-state index in [2.05, 4.69) is 5.32 Å². The highest BCUT2D eigenvalue weighted by Crippen LogP contribution is 2.12. The maximum Gasteiger partial charge on any atom is 0.338 e. The van der Waals surface area contributed by atoms with Crippen LogP contribution in [0.4, 0.5) is 0 Å². The molecular weight excluding hydrogens is 302 g/mol. The highest BCUT2D eigenvalue weighted by atomic mass is 35.5. The van der Waals surface area contributed by atoms with E-state index in [1.807, 2.05) is 37.3 Å². The molecular formula is C17H16ClNO3. The minimum atomic E-state index is -0.556. The van der Waals surface area contributed by atoms with Crippen LogP contribution < -0.4 is 5.32 Å². The first-order valence-corrected chi connectivity index (χ1v) is 7.21. The Bertz CT molecular complexity index is 641. The van der Waals surface area contributed by atoms with Gasteiger partial charge in [0.05, 0.1) is 11.6 Å². The number of ether oxygens (including phenoxy) is 1. The number of hydrogen-bond acceptors (Lipinski definition) is 3. The second-order valence-electron chi connectivity index (χ2n) is 4.78. The summed E-state index contributed by atoms with van der Waals surface area (Å²) in [6, 6.07) is 15.7. The number of hydrogen-bond donors (Lipinski definition) is 1. The van der Waals surface area contributed by atoms with Gasteiger partial charge in [-0.1, -0.05) is 41.9 Å². The number of rotatable bonds is 5. The van der Waals surface area contributed by atoms with Crippen molar-refractivity contribution in [3.05, 3.63) is 70.7 Å². The van der Waals surface area contributed by atoms with E-state index < -0.39 is 5.97 Å². The molecule has 0 aliphatic heterocycles. The lowest BCUT2D eigenvalue weighted by atomic mass is 10.1. The van der Waals surface area contributed by atoms with Gasteiger partial charge >= 0.3 is 5.97 Å². The van der Waals surface area contributed by atoms with Crippen molar-refractivity contribution in [2.24, 2.45) is 0 Å². The van der Waals surface area contributed by atoms with Gasteiger partial charge in [-0.05, 0) is 36.8 Å². The van der Waals surface area contributed by atoms with Gasteiger partial charge in [0.15, 0.2) is 6.61 Å². The molecule has 2 aromatic rings. The molecule has 0 heterocycles. The van der Waals surface area contributed by atoms with E-state index in [-0.39, 0.29) is 18.6 Å². The number of amides is 1. The maximum absolute atomic E-state index is 11.8. The third-order valence-corrected chi connectivity index (χ3v) is 3.34. The van der Waals surface area contributed by atoms with Gasteiger partial charge in [0.2, 0.25) is 0 Å². The fourth-order valence-corrected chi connectivity index (χ4v) is 2.03. The van der Waals surface area contributed by atoms with Crippen molar-refractivity contribution in [2.75, 3.05) is 6.61 Å². The minimum absolute atomic E-state index is 0.150. The van der Waals surface area contributed by atoms with Gasteiger partial charge in [-0.2, -0.15) is 0 Å². The second-order valence-corrected chi connectivity index (χ2v) is 5.22. The lowest BCUT2D eigenvalue weighted by molar-refractivity contribution is -0.124. The van der Waals surface area contributed by atoms with Crippen LogP contribution in [0.5, 0.6) is 0 Å². The van der Waals surface area contributed by atoms with Crippen LogP contribution in [-0.4, -0.2) is 18.5 Å². The van der Waals surface area contributed by atoms with Crippen LogP contribution in [0.2, 0.25) is 5.02 Å². The summed E-state index contributed by atoms with van der Waals surface area (Å²) < 4.78 is 4.97. The lowest BCUT2D eigenvalue weighted by Gasteiger charge is -2.14. The molecule has 0 aliphatic carbocycles. The summed E-state index contributed by atoms with van der Waals surface area (Å²) in [7, 11) is 0. The van der Waals surface area contributed by atoms with E-state index in [1.54, 1.807) is 24.3 Å². The average Bonchev–Trinajstić information content (AvgIpc) is 2.54. The highest BCUT2D eigenvalue weighted by molar-refractivity contribution is 6.30. The highest BCUT2D eigenvalue weighted by Gasteiger charge is 2.12. The molecule has 4 nitrogen and oxygen atoms in total. The average molecular weight is 318 g/mol. The Balaban J connectivity index is 1.82. The van der Waals surface area contributed by atoms with Crippen molar-refractivity contribution in [1.29, 1.82) is 0 Å². The maximum atomic E-state index is 11.8. The molecule has 0 spiro atoms. The third kappa shape index (κ3) is 4.60. The molecule has 22 heavy (non-hydrogen) atoms. The van der Waals surface area contributed by atoms with Crippen molar-refractivity contribution < 1.29 is 14.3 Å². The molecule has 114 valence electrons. The molecule has 2 rings (SSSR count). The molecule has 1 amide bonds. The topological polar surface area (TPSA) is 55.4 Å². The molecule has 0 saturated heterocycles. The second kappa shape index (κ2) is 7.61. The summed E-state index contributed by atoms with van der Waals surface area (Å²) in [6.07, 6.45) is 0. The summed E-state index contributed by atoms with van der Waals surface area (Å²) in [4.78, 5) is 23.6. The molecule has 0 bridgehead atoms. The van der Waals surface area contributed by atoms with Gasteiger partial charge in [0, 0.05) is 5.02 Å². The Morgan fingerprint density at radius 3 is 2.36 bits per heavy atom. The number of carbonyl (C=O) groups excluding carboxylic acids is 2. The SMILES string of the molecule is C[C@H](NC(=O)COC(=O)c1ccc(Cl)cc1)c1ccccc1. The zero-order valence-corrected chi connectivity index (χ0v) is 12.8. The summed E-state index contributed by atoms with van der Waals surface area (Å²) >= 11 is 5.74. The monoisotopic (exact) mass is 317 g/mol. The Morgan fingerprint density at radius 2 is 1.73 bits per heavy atom. The fourth-order valence-electron chi connectivity index (χ4n) is 1.91. The van der Waals surface area contributed by atoms with Crippen molar-refractivity contribution in [2.45, 2.75) is 13.0 Å². The molecule has 5 heteroatoms. The van der Waals surface area contributed by atoms with Crippen LogP contribution in [0.25, 0.3) is 0 Å². The Morgan fingerprint density at radius 1 is 1.09 bits per heavy atom. The largest absolute Gasteiger partial charge is 0.452 e. The number of benzene rings is 2. The van der Waals surface area contributed by atoms with E-state index in [4.69, 9.17) is 16.3 Å². The number of nitrogens with one attached hydrogen (secondary N) is 1. The van der Waals surface area contributed by atoms with E-state index in [0.717, 1.165) is 5.56 Å². The molecule has 1 N–H and O–H groups in total. The summed E-state index contributed by atoms with van der Waals surface area (Å²) in [6.45, 7) is 1.55. The van der Waals surface area contributed by atoms with Gasteiger partial charge in [-0.3, -0.25) is 4.79 Å². The third-order valence-electron chi connectivity index (χ3n) is 3.09. The molecule has 0 unspecified atom stereocenters. The normalized spacial score (nSPS) is 11.5. The van der Waals surface area contributed by atoms with Crippen molar-refractivity contribution in [3.63, 3.8) is 0 Å². The van der Waals surface area contributed by atoms with Gasteiger partial charge in [0.1, 0.15) is 0 Å². The summed E-state index contributed by atoms with van der Waals surface area (Å²) in [5.41, 5.74) is 1.34. The van der Waals surface area contributed by atoms with Crippen molar-refractivity contribution in [1.82, 2.24) is 5.32 Å². The van der Waals surface area contributed by atoms with Crippen LogP contribution in [0.1, 0.15) is 28.9 Å². The van der Waals surface area contributed by atoms with Crippen LogP contribution in [0.15, 0.2) is 54.6 Å².